The molecule has 5 nitrogen and oxygen atoms in total. The Morgan fingerprint density at radius 1 is 1.08 bits per heavy atom. The van der Waals surface area contributed by atoms with Gasteiger partial charge in [-0.15, -0.1) is 0 Å². The predicted molar refractivity (Wildman–Crippen MR) is 103 cm³/mol. The number of carbonyl (C=O) groups is 1. The number of hydrogen-bond donors (Lipinski definition) is 2. The van der Waals surface area contributed by atoms with Gasteiger partial charge in [0.2, 0.25) is 0 Å². The van der Waals surface area contributed by atoms with Gasteiger partial charge in [-0.2, -0.15) is 0 Å². The Balaban J connectivity index is 1.51. The highest BCUT2D eigenvalue weighted by atomic mass is 35.5. The second-order valence-corrected chi connectivity index (χ2v) is 6.21. The van der Waals surface area contributed by atoms with E-state index in [1.54, 1.807) is 24.7 Å². The molecule has 2 aromatic heterocycles. The number of carbonyl (C=O) groups excluding carboxylic acids is 1. The Hall–Kier alpha value is -2.92. The van der Waals surface area contributed by atoms with Crippen molar-refractivity contribution in [3.8, 4) is 0 Å². The van der Waals surface area contributed by atoms with Gasteiger partial charge in [0.15, 0.2) is 0 Å². The summed E-state index contributed by atoms with van der Waals surface area (Å²) in [5.41, 5.74) is 3.34. The zero-order valence-electron chi connectivity index (χ0n) is 14.2. The van der Waals surface area contributed by atoms with Crippen LogP contribution in [0.3, 0.4) is 0 Å². The van der Waals surface area contributed by atoms with Crippen LogP contribution in [0.5, 0.6) is 0 Å². The smallest absolute Gasteiger partial charge is 0.252 e. The first-order valence-corrected chi connectivity index (χ1v) is 8.70. The second-order valence-electron chi connectivity index (χ2n) is 5.77. The summed E-state index contributed by atoms with van der Waals surface area (Å²) < 4.78 is 0. The summed E-state index contributed by atoms with van der Waals surface area (Å²) in [4.78, 5) is 20.7. The van der Waals surface area contributed by atoms with Crippen molar-refractivity contribution in [3.05, 3.63) is 89.0 Å². The number of anilines is 1. The summed E-state index contributed by atoms with van der Waals surface area (Å²) in [6, 6.07) is 15.1. The number of benzene rings is 1. The van der Waals surface area contributed by atoms with E-state index >= 15 is 0 Å². The first-order valence-electron chi connectivity index (χ1n) is 8.32. The van der Waals surface area contributed by atoms with Crippen LogP contribution >= 0.6 is 11.6 Å². The molecule has 132 valence electrons. The summed E-state index contributed by atoms with van der Waals surface area (Å²) in [6.07, 6.45) is 5.74. The number of nitrogens with one attached hydrogen (secondary N) is 2. The maximum absolute atomic E-state index is 12.3. The highest BCUT2D eigenvalue weighted by Crippen LogP contribution is 2.11. The number of pyridine rings is 2. The third-order valence-electron chi connectivity index (χ3n) is 3.81. The third kappa shape index (κ3) is 5.29. The van der Waals surface area contributed by atoms with Crippen molar-refractivity contribution in [2.75, 3.05) is 11.9 Å². The van der Waals surface area contributed by atoms with Gasteiger partial charge in [-0.05, 0) is 42.3 Å². The minimum absolute atomic E-state index is 0.145. The molecule has 1 amide bonds. The van der Waals surface area contributed by atoms with Crippen molar-refractivity contribution in [1.29, 1.82) is 0 Å². The quantitative estimate of drug-likeness (QED) is 0.668. The van der Waals surface area contributed by atoms with Crippen LogP contribution in [0, 0.1) is 0 Å². The number of halogens is 1. The molecule has 0 aliphatic carbocycles. The van der Waals surface area contributed by atoms with Crippen molar-refractivity contribution < 1.29 is 4.79 Å². The summed E-state index contributed by atoms with van der Waals surface area (Å²) in [6.45, 7) is 1.12. The van der Waals surface area contributed by atoms with Crippen molar-refractivity contribution in [2.24, 2.45) is 0 Å². The molecule has 0 fully saturated rings. The number of aromatic nitrogens is 2. The molecule has 6 heteroatoms. The zero-order chi connectivity index (χ0) is 18.2. The summed E-state index contributed by atoms with van der Waals surface area (Å²) in [5, 5.41) is 6.84. The van der Waals surface area contributed by atoms with Gasteiger partial charge < -0.3 is 10.6 Å². The normalized spacial score (nSPS) is 10.3. The molecule has 0 aliphatic heterocycles. The number of hydrogen-bond acceptors (Lipinski definition) is 4. The fourth-order valence-electron chi connectivity index (χ4n) is 2.43. The van der Waals surface area contributed by atoms with Crippen LogP contribution in [0.2, 0.25) is 5.02 Å². The third-order valence-corrected chi connectivity index (χ3v) is 4.06. The standard InChI is InChI=1S/C20H19ClN4O/c21-17-6-4-15(5-7-17)8-10-24-20(26)16-11-19(13-22-12-16)25-14-18-3-1-2-9-23-18/h1-7,9,11-13,25H,8,10,14H2,(H,24,26). The zero-order valence-corrected chi connectivity index (χ0v) is 14.9. The molecule has 1 aromatic carbocycles. The van der Waals surface area contributed by atoms with Crippen molar-refractivity contribution in [3.63, 3.8) is 0 Å². The lowest BCUT2D eigenvalue weighted by Gasteiger charge is -2.08. The molecule has 0 atom stereocenters. The van der Waals surface area contributed by atoms with Crippen LogP contribution in [0.25, 0.3) is 0 Å². The SMILES string of the molecule is O=C(NCCc1ccc(Cl)cc1)c1cncc(NCc2ccccn2)c1. The van der Waals surface area contributed by atoms with Crippen molar-refractivity contribution >= 4 is 23.2 Å². The molecular weight excluding hydrogens is 348 g/mol. The monoisotopic (exact) mass is 366 g/mol. The van der Waals surface area contributed by atoms with E-state index in [2.05, 4.69) is 20.6 Å². The van der Waals surface area contributed by atoms with Gasteiger partial charge in [0, 0.05) is 30.2 Å². The van der Waals surface area contributed by atoms with Gasteiger partial charge in [0.05, 0.1) is 23.5 Å². The average molecular weight is 367 g/mol. The van der Waals surface area contributed by atoms with E-state index in [1.165, 1.54) is 0 Å². The number of nitrogens with zero attached hydrogens (tertiary/aromatic N) is 2. The molecule has 3 rings (SSSR count). The largest absolute Gasteiger partial charge is 0.378 e. The van der Waals surface area contributed by atoms with E-state index in [9.17, 15) is 4.79 Å². The average Bonchev–Trinajstić information content (AvgIpc) is 2.69. The fourth-order valence-corrected chi connectivity index (χ4v) is 2.56. The highest BCUT2D eigenvalue weighted by molar-refractivity contribution is 6.30. The first-order chi connectivity index (χ1) is 12.7. The Labute approximate surface area is 157 Å². The fraction of sp³-hybridized carbons (Fsp3) is 0.150. The van der Waals surface area contributed by atoms with Crippen molar-refractivity contribution in [2.45, 2.75) is 13.0 Å². The molecule has 0 bridgehead atoms. The second kappa shape index (κ2) is 8.97. The summed E-state index contributed by atoms with van der Waals surface area (Å²) >= 11 is 5.87. The highest BCUT2D eigenvalue weighted by Gasteiger charge is 2.07. The van der Waals surface area contributed by atoms with Gasteiger partial charge in [-0.1, -0.05) is 29.8 Å². The van der Waals surface area contributed by atoms with Crippen LogP contribution in [0.15, 0.2) is 67.1 Å². The van der Waals surface area contributed by atoms with Crippen LogP contribution in [-0.4, -0.2) is 22.4 Å². The summed E-state index contributed by atoms with van der Waals surface area (Å²) in [5.74, 6) is -0.145. The molecule has 0 saturated carbocycles. The predicted octanol–water partition coefficient (Wildman–Crippen LogP) is 3.71. The van der Waals surface area contributed by atoms with Gasteiger partial charge in [-0.3, -0.25) is 14.8 Å². The van der Waals surface area contributed by atoms with Crippen LogP contribution in [0.4, 0.5) is 5.69 Å². The maximum atomic E-state index is 12.3. The lowest BCUT2D eigenvalue weighted by atomic mass is 10.1. The molecule has 26 heavy (non-hydrogen) atoms. The van der Waals surface area contributed by atoms with Gasteiger partial charge >= 0.3 is 0 Å². The minimum Gasteiger partial charge on any atom is -0.378 e. The number of amides is 1. The van der Waals surface area contributed by atoms with E-state index < -0.39 is 0 Å². The van der Waals surface area contributed by atoms with E-state index in [-0.39, 0.29) is 5.91 Å². The Kier molecular flexibility index (Phi) is 6.17. The molecule has 0 unspecified atom stereocenters. The maximum Gasteiger partial charge on any atom is 0.252 e. The lowest BCUT2D eigenvalue weighted by molar-refractivity contribution is 0.0954. The van der Waals surface area contributed by atoms with Crippen molar-refractivity contribution in [1.82, 2.24) is 15.3 Å². The van der Waals surface area contributed by atoms with E-state index in [0.717, 1.165) is 23.4 Å². The van der Waals surface area contributed by atoms with E-state index in [1.807, 2.05) is 42.5 Å². The molecular formula is C20H19ClN4O. The Morgan fingerprint density at radius 3 is 2.69 bits per heavy atom. The molecule has 0 saturated heterocycles. The van der Waals surface area contributed by atoms with Crippen LogP contribution in [0.1, 0.15) is 21.6 Å². The lowest BCUT2D eigenvalue weighted by Crippen LogP contribution is -2.25. The van der Waals surface area contributed by atoms with Gasteiger partial charge in [-0.25, -0.2) is 0 Å². The molecule has 2 heterocycles. The van der Waals surface area contributed by atoms with E-state index in [0.29, 0.717) is 23.7 Å². The first kappa shape index (κ1) is 17.9. The molecule has 2 N–H and O–H groups in total. The minimum atomic E-state index is -0.145. The van der Waals surface area contributed by atoms with Gasteiger partial charge in [0.1, 0.15) is 0 Å². The molecule has 3 aromatic rings. The summed E-state index contributed by atoms with van der Waals surface area (Å²) in [7, 11) is 0. The van der Waals surface area contributed by atoms with Crippen LogP contribution in [-0.2, 0) is 13.0 Å². The van der Waals surface area contributed by atoms with E-state index in [4.69, 9.17) is 11.6 Å². The molecule has 0 radical (unpaired) electrons. The van der Waals surface area contributed by atoms with Gasteiger partial charge in [0.25, 0.3) is 5.91 Å². The molecule has 0 aliphatic rings. The number of rotatable bonds is 7. The Bertz CT molecular complexity index is 853. The topological polar surface area (TPSA) is 66.9 Å². The molecule has 0 spiro atoms. The van der Waals surface area contributed by atoms with Crippen LogP contribution < -0.4 is 10.6 Å². The Morgan fingerprint density at radius 2 is 1.92 bits per heavy atom.